The summed E-state index contributed by atoms with van der Waals surface area (Å²) in [5, 5.41) is 3.11. The lowest BCUT2D eigenvalue weighted by Gasteiger charge is -2.07. The SMILES string of the molecule is O=CCc1ccc(CNC(=O)c2ccncc2Cl)cc1. The summed E-state index contributed by atoms with van der Waals surface area (Å²) in [5.41, 5.74) is 2.31. The number of carbonyl (C=O) groups is 2. The van der Waals surface area contributed by atoms with Gasteiger partial charge in [-0.15, -0.1) is 0 Å². The van der Waals surface area contributed by atoms with Gasteiger partial charge in [-0.25, -0.2) is 0 Å². The van der Waals surface area contributed by atoms with Gasteiger partial charge >= 0.3 is 0 Å². The van der Waals surface area contributed by atoms with Crippen molar-refractivity contribution in [2.45, 2.75) is 13.0 Å². The molecule has 5 heteroatoms. The fourth-order valence-corrected chi connectivity index (χ4v) is 1.93. The Morgan fingerprint density at radius 1 is 1.20 bits per heavy atom. The predicted octanol–water partition coefficient (Wildman–Crippen LogP) is 2.41. The average Bonchev–Trinajstić information content (AvgIpc) is 2.47. The van der Waals surface area contributed by atoms with Gasteiger partial charge in [0.05, 0.1) is 10.6 Å². The number of nitrogens with zero attached hydrogens (tertiary/aromatic N) is 1. The van der Waals surface area contributed by atoms with Crippen molar-refractivity contribution in [2.75, 3.05) is 0 Å². The fraction of sp³-hybridized carbons (Fsp3) is 0.133. The molecule has 0 bridgehead atoms. The monoisotopic (exact) mass is 288 g/mol. The average molecular weight is 289 g/mol. The van der Waals surface area contributed by atoms with E-state index in [2.05, 4.69) is 10.3 Å². The van der Waals surface area contributed by atoms with Crippen molar-refractivity contribution in [3.63, 3.8) is 0 Å². The molecule has 1 N–H and O–H groups in total. The number of carbonyl (C=O) groups excluding carboxylic acids is 2. The molecule has 0 saturated carbocycles. The number of nitrogens with one attached hydrogen (secondary N) is 1. The highest BCUT2D eigenvalue weighted by molar-refractivity contribution is 6.33. The van der Waals surface area contributed by atoms with Gasteiger partial charge in [0.1, 0.15) is 6.29 Å². The van der Waals surface area contributed by atoms with Crippen LogP contribution in [0, 0.1) is 0 Å². The van der Waals surface area contributed by atoms with Crippen molar-refractivity contribution in [1.82, 2.24) is 10.3 Å². The summed E-state index contributed by atoms with van der Waals surface area (Å²) >= 11 is 5.90. The molecule has 0 atom stereocenters. The third-order valence-corrected chi connectivity index (χ3v) is 3.11. The van der Waals surface area contributed by atoms with Crippen LogP contribution in [0.1, 0.15) is 21.5 Å². The second-order valence-electron chi connectivity index (χ2n) is 4.23. The first kappa shape index (κ1) is 14.2. The highest BCUT2D eigenvalue weighted by Crippen LogP contribution is 2.13. The van der Waals surface area contributed by atoms with Crippen LogP contribution in [0.2, 0.25) is 5.02 Å². The summed E-state index contributed by atoms with van der Waals surface area (Å²) in [5.74, 6) is -0.241. The molecule has 20 heavy (non-hydrogen) atoms. The molecular formula is C15H13ClN2O2. The molecular weight excluding hydrogens is 276 g/mol. The number of aromatic nitrogens is 1. The lowest BCUT2D eigenvalue weighted by Crippen LogP contribution is -2.23. The van der Waals surface area contributed by atoms with Crippen LogP contribution in [0.5, 0.6) is 0 Å². The number of hydrogen-bond donors (Lipinski definition) is 1. The van der Waals surface area contributed by atoms with Gasteiger partial charge in [0.2, 0.25) is 0 Å². The van der Waals surface area contributed by atoms with Crippen molar-refractivity contribution >= 4 is 23.8 Å². The zero-order chi connectivity index (χ0) is 14.4. The summed E-state index contributed by atoms with van der Waals surface area (Å²) in [6, 6.07) is 9.08. The van der Waals surface area contributed by atoms with Crippen LogP contribution >= 0.6 is 11.6 Å². The first-order valence-corrected chi connectivity index (χ1v) is 6.47. The van der Waals surface area contributed by atoms with Gasteiger partial charge in [0.15, 0.2) is 0 Å². The maximum Gasteiger partial charge on any atom is 0.253 e. The largest absolute Gasteiger partial charge is 0.348 e. The third-order valence-electron chi connectivity index (χ3n) is 2.81. The molecule has 1 aromatic carbocycles. The van der Waals surface area contributed by atoms with Crippen molar-refractivity contribution in [3.05, 3.63) is 64.4 Å². The topological polar surface area (TPSA) is 59.1 Å². The smallest absolute Gasteiger partial charge is 0.253 e. The summed E-state index contributed by atoms with van der Waals surface area (Å²) < 4.78 is 0. The molecule has 1 amide bonds. The second-order valence-corrected chi connectivity index (χ2v) is 4.63. The molecule has 0 aliphatic rings. The predicted molar refractivity (Wildman–Crippen MR) is 76.6 cm³/mol. The normalized spacial score (nSPS) is 10.1. The lowest BCUT2D eigenvalue weighted by atomic mass is 10.1. The number of hydrogen-bond acceptors (Lipinski definition) is 3. The molecule has 4 nitrogen and oxygen atoms in total. The summed E-state index contributed by atoms with van der Waals surface area (Å²) in [7, 11) is 0. The molecule has 1 heterocycles. The Hall–Kier alpha value is -2.20. The number of benzene rings is 1. The molecule has 0 saturated heterocycles. The minimum atomic E-state index is -0.241. The van der Waals surface area contributed by atoms with E-state index >= 15 is 0 Å². The van der Waals surface area contributed by atoms with Crippen LogP contribution in [0.3, 0.4) is 0 Å². The van der Waals surface area contributed by atoms with Crippen molar-refractivity contribution in [2.24, 2.45) is 0 Å². The van der Waals surface area contributed by atoms with Crippen LogP contribution in [0.25, 0.3) is 0 Å². The molecule has 0 radical (unpaired) electrons. The second kappa shape index (κ2) is 6.82. The lowest BCUT2D eigenvalue weighted by molar-refractivity contribution is -0.107. The summed E-state index contributed by atoms with van der Waals surface area (Å²) in [6.45, 7) is 0.402. The van der Waals surface area contributed by atoms with E-state index in [0.717, 1.165) is 17.4 Å². The molecule has 0 unspecified atom stereocenters. The first-order valence-electron chi connectivity index (χ1n) is 6.10. The minimum Gasteiger partial charge on any atom is -0.348 e. The highest BCUT2D eigenvalue weighted by atomic mass is 35.5. The number of rotatable bonds is 5. The fourth-order valence-electron chi connectivity index (χ4n) is 1.73. The third kappa shape index (κ3) is 3.65. The standard InChI is InChI=1S/C15H13ClN2O2/c16-14-10-17-7-5-13(14)15(20)18-9-12-3-1-11(2-4-12)6-8-19/h1-5,7-8,10H,6,9H2,(H,18,20). The Bertz CT molecular complexity index is 612. The van der Waals surface area contributed by atoms with E-state index in [9.17, 15) is 9.59 Å². The Morgan fingerprint density at radius 3 is 2.55 bits per heavy atom. The van der Waals surface area contributed by atoms with Gasteiger partial charge in [-0.3, -0.25) is 9.78 Å². The minimum absolute atomic E-state index is 0.241. The van der Waals surface area contributed by atoms with Gasteiger partial charge in [0, 0.05) is 25.4 Å². The molecule has 0 aliphatic carbocycles. The van der Waals surface area contributed by atoms with Gasteiger partial charge in [-0.2, -0.15) is 0 Å². The molecule has 0 aliphatic heterocycles. The van der Waals surface area contributed by atoms with E-state index in [1.807, 2.05) is 24.3 Å². The van der Waals surface area contributed by atoms with Crippen LogP contribution < -0.4 is 5.32 Å². The van der Waals surface area contributed by atoms with Crippen molar-refractivity contribution < 1.29 is 9.59 Å². The summed E-state index contributed by atoms with van der Waals surface area (Å²) in [6.07, 6.45) is 4.22. The molecule has 0 spiro atoms. The van der Waals surface area contributed by atoms with E-state index in [1.54, 1.807) is 6.07 Å². The van der Waals surface area contributed by atoms with E-state index < -0.39 is 0 Å². The van der Waals surface area contributed by atoms with Crippen LogP contribution in [-0.2, 0) is 17.8 Å². The molecule has 1 aromatic heterocycles. The number of halogens is 1. The van der Waals surface area contributed by atoms with Gasteiger partial charge in [-0.1, -0.05) is 35.9 Å². The van der Waals surface area contributed by atoms with E-state index in [0.29, 0.717) is 23.6 Å². The van der Waals surface area contributed by atoms with Crippen LogP contribution in [-0.4, -0.2) is 17.2 Å². The quantitative estimate of drug-likeness (QED) is 0.860. The first-order chi connectivity index (χ1) is 9.70. The molecule has 2 aromatic rings. The van der Waals surface area contributed by atoms with Gasteiger partial charge in [0.25, 0.3) is 5.91 Å². The van der Waals surface area contributed by atoms with Crippen molar-refractivity contribution in [3.8, 4) is 0 Å². The van der Waals surface area contributed by atoms with Crippen LogP contribution in [0.15, 0.2) is 42.7 Å². The highest BCUT2D eigenvalue weighted by Gasteiger charge is 2.09. The van der Waals surface area contributed by atoms with E-state index in [1.165, 1.54) is 12.4 Å². The maximum atomic E-state index is 11.9. The Balaban J connectivity index is 1.96. The zero-order valence-corrected chi connectivity index (χ0v) is 11.4. The Morgan fingerprint density at radius 2 is 1.90 bits per heavy atom. The van der Waals surface area contributed by atoms with E-state index in [-0.39, 0.29) is 5.91 Å². The summed E-state index contributed by atoms with van der Waals surface area (Å²) in [4.78, 5) is 26.2. The van der Waals surface area contributed by atoms with Gasteiger partial charge < -0.3 is 10.1 Å². The molecule has 102 valence electrons. The van der Waals surface area contributed by atoms with E-state index in [4.69, 9.17) is 11.6 Å². The zero-order valence-electron chi connectivity index (χ0n) is 10.7. The maximum absolute atomic E-state index is 11.9. The Labute approximate surface area is 121 Å². The number of pyridine rings is 1. The Kier molecular flexibility index (Phi) is 4.85. The number of aldehydes is 1. The molecule has 0 fully saturated rings. The van der Waals surface area contributed by atoms with Crippen LogP contribution in [0.4, 0.5) is 0 Å². The van der Waals surface area contributed by atoms with Crippen molar-refractivity contribution in [1.29, 1.82) is 0 Å². The number of amides is 1. The molecule has 2 rings (SSSR count). The van der Waals surface area contributed by atoms with Gasteiger partial charge in [-0.05, 0) is 17.2 Å².